The van der Waals surface area contributed by atoms with Crippen LogP contribution >= 0.6 is 0 Å². The van der Waals surface area contributed by atoms with Crippen LogP contribution in [0.25, 0.3) is 16.7 Å². The van der Waals surface area contributed by atoms with Gasteiger partial charge in [0, 0.05) is 0 Å². The molecule has 2 aromatic carbocycles. The highest BCUT2D eigenvalue weighted by Gasteiger charge is 2.28. The Hall–Kier alpha value is -1.82. The molecule has 19 heavy (non-hydrogen) atoms. The van der Waals surface area contributed by atoms with Gasteiger partial charge in [-0.1, -0.05) is 61.0 Å². The fourth-order valence-corrected chi connectivity index (χ4v) is 3.75. The molecular weight excluding hydrogens is 228 g/mol. The second-order valence-electron chi connectivity index (χ2n) is 5.78. The maximum atomic E-state index is 2.39. The molecule has 2 aromatic rings. The van der Waals surface area contributed by atoms with Crippen LogP contribution in [-0.2, 0) is 0 Å². The van der Waals surface area contributed by atoms with Crippen molar-refractivity contribution in [2.24, 2.45) is 5.92 Å². The van der Waals surface area contributed by atoms with E-state index in [0.29, 0.717) is 0 Å². The van der Waals surface area contributed by atoms with Crippen LogP contribution in [0.5, 0.6) is 0 Å². The van der Waals surface area contributed by atoms with Crippen LogP contribution in [0, 0.1) is 5.92 Å². The molecule has 1 unspecified atom stereocenters. The third-order valence-corrected chi connectivity index (χ3v) is 4.68. The lowest BCUT2D eigenvalue weighted by atomic mass is 9.92. The Labute approximate surface area is 114 Å². The van der Waals surface area contributed by atoms with E-state index < -0.39 is 0 Å². The van der Waals surface area contributed by atoms with E-state index in [0.717, 1.165) is 5.92 Å². The van der Waals surface area contributed by atoms with Crippen LogP contribution in [0.4, 0.5) is 0 Å². The summed E-state index contributed by atoms with van der Waals surface area (Å²) in [6, 6.07) is 17.8. The maximum Gasteiger partial charge on any atom is -0.00990 e. The standard InChI is InChI=1S/C19H18/c1-13-7-6-12-14(13)19-17-10-4-2-8-15(17)16-9-3-5-11-18(16)19/h2-5,8-11,13H,6-7,12H2,1H3. The average molecular weight is 246 g/mol. The van der Waals surface area contributed by atoms with Gasteiger partial charge in [0.05, 0.1) is 0 Å². The van der Waals surface area contributed by atoms with Crippen LogP contribution in [0.2, 0.25) is 0 Å². The van der Waals surface area contributed by atoms with Gasteiger partial charge in [0.25, 0.3) is 0 Å². The molecule has 0 amide bonds. The fourth-order valence-electron chi connectivity index (χ4n) is 3.75. The Morgan fingerprint density at radius 3 is 1.79 bits per heavy atom. The van der Waals surface area contributed by atoms with Crippen LogP contribution in [0.1, 0.15) is 37.3 Å². The zero-order valence-electron chi connectivity index (χ0n) is 11.3. The highest BCUT2D eigenvalue weighted by atomic mass is 14.3. The molecule has 0 radical (unpaired) electrons. The minimum Gasteiger partial charge on any atom is -0.0616 e. The van der Waals surface area contributed by atoms with Gasteiger partial charge in [-0.3, -0.25) is 0 Å². The molecule has 0 heterocycles. The smallest absolute Gasteiger partial charge is 0.00990 e. The largest absolute Gasteiger partial charge is 0.0616 e. The first-order valence-electron chi connectivity index (χ1n) is 7.28. The van der Waals surface area contributed by atoms with Crippen LogP contribution in [0.3, 0.4) is 0 Å². The van der Waals surface area contributed by atoms with Crippen molar-refractivity contribution in [1.82, 2.24) is 0 Å². The predicted octanol–water partition coefficient (Wildman–Crippen LogP) is 5.29. The Balaban J connectivity index is 2.07. The summed E-state index contributed by atoms with van der Waals surface area (Å²) in [5.74, 6) is 0.745. The van der Waals surface area contributed by atoms with Gasteiger partial charge in [-0.05, 0) is 53.0 Å². The number of allylic oxidation sites excluding steroid dienone is 1. The first kappa shape index (κ1) is 11.0. The quantitative estimate of drug-likeness (QED) is 0.505. The molecule has 0 aliphatic heterocycles. The summed E-state index contributed by atoms with van der Waals surface area (Å²) in [6.07, 6.45) is 3.98. The van der Waals surface area contributed by atoms with E-state index >= 15 is 0 Å². The van der Waals surface area contributed by atoms with Gasteiger partial charge in [-0.25, -0.2) is 0 Å². The molecule has 4 rings (SSSR count). The van der Waals surface area contributed by atoms with Crippen molar-refractivity contribution in [2.75, 3.05) is 0 Å². The molecule has 0 heteroatoms. The Morgan fingerprint density at radius 2 is 1.32 bits per heavy atom. The summed E-state index contributed by atoms with van der Waals surface area (Å²) in [5, 5.41) is 0. The minimum atomic E-state index is 0.745. The molecule has 0 nitrogen and oxygen atoms in total. The zero-order chi connectivity index (χ0) is 12.8. The number of benzene rings is 2. The second kappa shape index (κ2) is 4.09. The molecule has 1 saturated carbocycles. The highest BCUT2D eigenvalue weighted by Crippen LogP contribution is 2.49. The van der Waals surface area contributed by atoms with Gasteiger partial charge in [0.1, 0.15) is 0 Å². The molecule has 0 spiro atoms. The van der Waals surface area contributed by atoms with Crippen molar-refractivity contribution in [3.8, 4) is 11.1 Å². The molecule has 0 saturated heterocycles. The lowest BCUT2D eigenvalue weighted by molar-refractivity contribution is 0.697. The second-order valence-corrected chi connectivity index (χ2v) is 5.78. The normalized spacial score (nSPS) is 20.6. The fraction of sp³-hybridized carbons (Fsp3) is 0.263. The van der Waals surface area contributed by atoms with E-state index in [4.69, 9.17) is 0 Å². The van der Waals surface area contributed by atoms with Crippen molar-refractivity contribution < 1.29 is 0 Å². The lowest BCUT2D eigenvalue weighted by Gasteiger charge is -2.12. The summed E-state index contributed by atoms with van der Waals surface area (Å²) in [7, 11) is 0. The first-order chi connectivity index (χ1) is 9.36. The molecule has 2 aliphatic carbocycles. The first-order valence-corrected chi connectivity index (χ1v) is 7.28. The lowest BCUT2D eigenvalue weighted by Crippen LogP contribution is -1.94. The van der Waals surface area contributed by atoms with E-state index in [-0.39, 0.29) is 0 Å². The topological polar surface area (TPSA) is 0 Å². The summed E-state index contributed by atoms with van der Waals surface area (Å²) in [4.78, 5) is 0. The summed E-state index contributed by atoms with van der Waals surface area (Å²) in [5.41, 5.74) is 8.95. The molecular formula is C19H18. The molecule has 1 fully saturated rings. The van der Waals surface area contributed by atoms with Gasteiger partial charge in [0.15, 0.2) is 0 Å². The summed E-state index contributed by atoms with van der Waals surface area (Å²) in [6.45, 7) is 2.39. The van der Waals surface area contributed by atoms with Gasteiger partial charge in [-0.15, -0.1) is 0 Å². The molecule has 2 aliphatic rings. The van der Waals surface area contributed by atoms with Crippen LogP contribution in [-0.4, -0.2) is 0 Å². The van der Waals surface area contributed by atoms with Gasteiger partial charge in [-0.2, -0.15) is 0 Å². The number of hydrogen-bond acceptors (Lipinski definition) is 0. The van der Waals surface area contributed by atoms with E-state index in [1.54, 1.807) is 5.57 Å². The summed E-state index contributed by atoms with van der Waals surface area (Å²) < 4.78 is 0. The van der Waals surface area contributed by atoms with Crippen molar-refractivity contribution in [2.45, 2.75) is 26.2 Å². The average Bonchev–Trinajstić information content (AvgIpc) is 3.00. The monoisotopic (exact) mass is 246 g/mol. The van der Waals surface area contributed by atoms with E-state index in [1.807, 2.05) is 0 Å². The van der Waals surface area contributed by atoms with Crippen molar-refractivity contribution in [3.63, 3.8) is 0 Å². The summed E-state index contributed by atoms with van der Waals surface area (Å²) >= 11 is 0. The van der Waals surface area contributed by atoms with E-state index in [9.17, 15) is 0 Å². The van der Waals surface area contributed by atoms with Crippen molar-refractivity contribution >= 4 is 5.57 Å². The Morgan fingerprint density at radius 1 is 0.789 bits per heavy atom. The Kier molecular flexibility index (Phi) is 2.38. The van der Waals surface area contributed by atoms with Gasteiger partial charge in [0.2, 0.25) is 0 Å². The molecule has 0 N–H and O–H groups in total. The highest BCUT2D eigenvalue weighted by molar-refractivity contribution is 6.02. The van der Waals surface area contributed by atoms with Crippen LogP contribution in [0.15, 0.2) is 54.1 Å². The molecule has 1 atom stereocenters. The number of fused-ring (bicyclic) bond motifs is 3. The SMILES string of the molecule is CC1CCCC1=C1c2ccccc2-c2ccccc21. The number of rotatable bonds is 0. The van der Waals surface area contributed by atoms with E-state index in [2.05, 4.69) is 55.5 Å². The minimum absolute atomic E-state index is 0.745. The molecule has 0 aromatic heterocycles. The third-order valence-electron chi connectivity index (χ3n) is 4.68. The predicted molar refractivity (Wildman–Crippen MR) is 80.9 cm³/mol. The third kappa shape index (κ3) is 1.53. The number of hydrogen-bond donors (Lipinski definition) is 0. The van der Waals surface area contributed by atoms with Crippen molar-refractivity contribution in [3.05, 3.63) is 65.2 Å². The Bertz CT molecular complexity index is 628. The van der Waals surface area contributed by atoms with Crippen LogP contribution < -0.4 is 0 Å². The zero-order valence-corrected chi connectivity index (χ0v) is 11.3. The molecule has 94 valence electrons. The maximum absolute atomic E-state index is 2.39. The van der Waals surface area contributed by atoms with Crippen molar-refractivity contribution in [1.29, 1.82) is 0 Å². The molecule has 0 bridgehead atoms. The van der Waals surface area contributed by atoms with Gasteiger partial charge >= 0.3 is 0 Å². The van der Waals surface area contributed by atoms with Gasteiger partial charge < -0.3 is 0 Å². The van der Waals surface area contributed by atoms with E-state index in [1.165, 1.54) is 47.1 Å².